The predicted molar refractivity (Wildman–Crippen MR) is 81.2 cm³/mol. The van der Waals surface area contributed by atoms with Gasteiger partial charge in [0.1, 0.15) is 12.2 Å². The minimum absolute atomic E-state index is 0.0250. The first-order valence-electron chi connectivity index (χ1n) is 7.25. The second kappa shape index (κ2) is 6.99. The lowest BCUT2D eigenvalue weighted by Gasteiger charge is -2.19. The van der Waals surface area contributed by atoms with Crippen molar-refractivity contribution in [3.63, 3.8) is 0 Å². The largest absolute Gasteiger partial charge is 0.459 e. The summed E-state index contributed by atoms with van der Waals surface area (Å²) in [5.74, 6) is -0.460. The minimum atomic E-state index is -3.99. The molecular weight excluding hydrogens is 322 g/mol. The number of nitrogens with one attached hydrogen (secondary N) is 1. The molecule has 1 aliphatic carbocycles. The molecule has 1 aliphatic rings. The Morgan fingerprint density at radius 3 is 2.22 bits per heavy atom. The van der Waals surface area contributed by atoms with Gasteiger partial charge < -0.3 is 9.47 Å². The maximum atomic E-state index is 12.1. The van der Waals surface area contributed by atoms with Gasteiger partial charge in [0.05, 0.1) is 4.90 Å². The van der Waals surface area contributed by atoms with Crippen molar-refractivity contribution in [3.8, 4) is 0 Å². The summed E-state index contributed by atoms with van der Waals surface area (Å²) in [4.78, 5) is 22.8. The first-order chi connectivity index (χ1) is 10.8. The molecule has 23 heavy (non-hydrogen) atoms. The number of sulfonamides is 1. The van der Waals surface area contributed by atoms with Crippen molar-refractivity contribution in [2.75, 3.05) is 0 Å². The van der Waals surface area contributed by atoms with E-state index < -0.39 is 34.3 Å². The van der Waals surface area contributed by atoms with E-state index in [0.29, 0.717) is 12.8 Å². The van der Waals surface area contributed by atoms with Crippen LogP contribution >= 0.6 is 0 Å². The van der Waals surface area contributed by atoms with E-state index in [4.69, 9.17) is 9.47 Å². The van der Waals surface area contributed by atoms with Gasteiger partial charge in [-0.2, -0.15) is 0 Å². The van der Waals surface area contributed by atoms with Crippen molar-refractivity contribution in [1.29, 1.82) is 0 Å². The van der Waals surface area contributed by atoms with Crippen LogP contribution in [0.15, 0.2) is 29.2 Å². The van der Waals surface area contributed by atoms with Crippen LogP contribution in [0.5, 0.6) is 0 Å². The maximum Gasteiger partial charge on any atom is 0.421 e. The molecule has 2 rings (SSSR count). The topological polar surface area (TPSA) is 98.8 Å². The Morgan fingerprint density at radius 1 is 1.09 bits per heavy atom. The zero-order valence-corrected chi connectivity index (χ0v) is 13.8. The Kier molecular flexibility index (Phi) is 5.25. The highest BCUT2D eigenvalue weighted by molar-refractivity contribution is 7.90. The number of rotatable bonds is 4. The molecule has 1 saturated carbocycles. The molecule has 0 unspecified atom stereocenters. The lowest BCUT2D eigenvalue weighted by Crippen LogP contribution is -2.37. The average molecular weight is 341 g/mol. The molecule has 126 valence electrons. The summed E-state index contributed by atoms with van der Waals surface area (Å²) in [5.41, 5.74) is 0.904. The summed E-state index contributed by atoms with van der Waals surface area (Å²) in [6.07, 6.45) is -0.388. The Bertz CT molecular complexity index is 682. The van der Waals surface area contributed by atoms with Crippen molar-refractivity contribution < 1.29 is 27.5 Å². The fourth-order valence-corrected chi connectivity index (χ4v) is 3.30. The van der Waals surface area contributed by atoms with E-state index in [2.05, 4.69) is 0 Å². The van der Waals surface area contributed by atoms with Crippen LogP contribution in [0.2, 0.25) is 0 Å². The van der Waals surface area contributed by atoms with Crippen molar-refractivity contribution in [2.45, 2.75) is 50.2 Å². The summed E-state index contributed by atoms with van der Waals surface area (Å²) in [7, 11) is -3.99. The first-order valence-corrected chi connectivity index (χ1v) is 8.73. The van der Waals surface area contributed by atoms with Crippen molar-refractivity contribution in [3.05, 3.63) is 29.8 Å². The SMILES string of the molecule is CC(=O)O[C@H]1CCC[C@H]1OC(=O)NS(=O)(=O)c1ccc(C)cc1. The van der Waals surface area contributed by atoms with E-state index in [9.17, 15) is 18.0 Å². The quantitative estimate of drug-likeness (QED) is 0.840. The number of aryl methyl sites for hydroxylation is 1. The van der Waals surface area contributed by atoms with Gasteiger partial charge in [-0.15, -0.1) is 0 Å². The van der Waals surface area contributed by atoms with Crippen molar-refractivity contribution in [2.24, 2.45) is 0 Å². The molecule has 0 aliphatic heterocycles. The van der Waals surface area contributed by atoms with Crippen LogP contribution in [0.1, 0.15) is 31.7 Å². The van der Waals surface area contributed by atoms with Crippen LogP contribution in [-0.4, -0.2) is 32.7 Å². The van der Waals surface area contributed by atoms with Crippen LogP contribution in [0, 0.1) is 6.92 Å². The number of carbonyl (C=O) groups is 2. The van der Waals surface area contributed by atoms with Gasteiger partial charge in [0.25, 0.3) is 10.0 Å². The van der Waals surface area contributed by atoms with Gasteiger partial charge in [0, 0.05) is 6.92 Å². The number of carbonyl (C=O) groups excluding carboxylic acids is 2. The minimum Gasteiger partial charge on any atom is -0.459 e. The predicted octanol–water partition coefficient (Wildman–Crippen LogP) is 1.89. The molecule has 8 heteroatoms. The van der Waals surface area contributed by atoms with Crippen LogP contribution in [0.3, 0.4) is 0 Å². The highest BCUT2D eigenvalue weighted by atomic mass is 32.2. The number of amides is 1. The third-order valence-electron chi connectivity index (χ3n) is 3.52. The summed E-state index contributed by atoms with van der Waals surface area (Å²) in [6, 6.07) is 6.07. The van der Waals surface area contributed by atoms with E-state index in [0.717, 1.165) is 12.0 Å². The number of hydrogen-bond acceptors (Lipinski definition) is 6. The number of benzene rings is 1. The fraction of sp³-hybridized carbons (Fsp3) is 0.467. The zero-order chi connectivity index (χ0) is 17.0. The van der Waals surface area contributed by atoms with Crippen LogP contribution < -0.4 is 4.72 Å². The van der Waals surface area contributed by atoms with Gasteiger partial charge >= 0.3 is 12.1 Å². The van der Waals surface area contributed by atoms with Crippen molar-refractivity contribution in [1.82, 2.24) is 4.72 Å². The molecule has 0 saturated heterocycles. The lowest BCUT2D eigenvalue weighted by atomic mass is 10.2. The molecule has 0 spiro atoms. The van der Waals surface area contributed by atoms with Gasteiger partial charge in [-0.25, -0.2) is 17.9 Å². The normalized spacial score (nSPS) is 20.8. The van der Waals surface area contributed by atoms with E-state index in [-0.39, 0.29) is 4.90 Å². The van der Waals surface area contributed by atoms with Gasteiger partial charge in [0.2, 0.25) is 0 Å². The van der Waals surface area contributed by atoms with Gasteiger partial charge in [-0.1, -0.05) is 17.7 Å². The fourth-order valence-electron chi connectivity index (χ4n) is 2.42. The summed E-state index contributed by atoms with van der Waals surface area (Å²) in [6.45, 7) is 3.10. The first kappa shape index (κ1) is 17.3. The van der Waals surface area contributed by atoms with E-state index >= 15 is 0 Å². The number of esters is 1. The third kappa shape index (κ3) is 4.69. The van der Waals surface area contributed by atoms with Gasteiger partial charge in [-0.3, -0.25) is 4.79 Å². The van der Waals surface area contributed by atoms with Gasteiger partial charge in [0.15, 0.2) is 0 Å². The highest BCUT2D eigenvalue weighted by Gasteiger charge is 2.33. The van der Waals surface area contributed by atoms with Crippen molar-refractivity contribution >= 4 is 22.1 Å². The summed E-state index contributed by atoms with van der Waals surface area (Å²) < 4.78 is 36.2. The molecule has 0 radical (unpaired) electrons. The molecule has 0 heterocycles. The van der Waals surface area contributed by atoms with E-state index in [1.165, 1.54) is 19.1 Å². The Labute approximate surface area is 135 Å². The molecule has 1 aromatic rings. The molecule has 0 bridgehead atoms. The van der Waals surface area contributed by atoms with Crippen LogP contribution in [-0.2, 0) is 24.3 Å². The molecule has 7 nitrogen and oxygen atoms in total. The molecular formula is C15H19NO6S. The zero-order valence-electron chi connectivity index (χ0n) is 12.9. The van der Waals surface area contributed by atoms with E-state index in [1.807, 2.05) is 11.6 Å². The standard InChI is InChI=1S/C15H19NO6S/c1-10-6-8-12(9-7-10)23(19,20)16-15(18)22-14-5-3-4-13(14)21-11(2)17/h6-9,13-14H,3-5H2,1-2H3,(H,16,18)/t13-,14+/m0/s1. The second-order valence-corrected chi connectivity index (χ2v) is 7.12. The molecule has 1 amide bonds. The smallest absolute Gasteiger partial charge is 0.421 e. The van der Waals surface area contributed by atoms with Crippen LogP contribution in [0.4, 0.5) is 4.79 Å². The molecule has 2 atom stereocenters. The second-order valence-electron chi connectivity index (χ2n) is 5.44. The van der Waals surface area contributed by atoms with Crippen LogP contribution in [0.25, 0.3) is 0 Å². The Balaban J connectivity index is 1.98. The number of hydrogen-bond donors (Lipinski definition) is 1. The van der Waals surface area contributed by atoms with Gasteiger partial charge in [-0.05, 0) is 38.3 Å². The summed E-state index contributed by atoms with van der Waals surface area (Å²) >= 11 is 0. The molecule has 0 aromatic heterocycles. The highest BCUT2D eigenvalue weighted by Crippen LogP contribution is 2.25. The molecule has 1 aromatic carbocycles. The summed E-state index contributed by atoms with van der Waals surface area (Å²) in [5, 5.41) is 0. The molecule has 1 N–H and O–H groups in total. The Hall–Kier alpha value is -2.09. The molecule has 1 fully saturated rings. The van der Waals surface area contributed by atoms with E-state index in [1.54, 1.807) is 12.1 Å². The third-order valence-corrected chi connectivity index (χ3v) is 4.84. The number of ether oxygens (including phenoxy) is 2. The monoisotopic (exact) mass is 341 g/mol. The lowest BCUT2D eigenvalue weighted by molar-refractivity contribution is -0.150. The average Bonchev–Trinajstić information content (AvgIpc) is 2.84. The maximum absolute atomic E-state index is 12.1. The Morgan fingerprint density at radius 2 is 1.65 bits per heavy atom.